The Morgan fingerprint density at radius 1 is 1.21 bits per heavy atom. The number of hydrogen-bond donors (Lipinski definition) is 2. The van der Waals surface area contributed by atoms with Gasteiger partial charge in [0.2, 0.25) is 0 Å². The van der Waals surface area contributed by atoms with Crippen LogP contribution < -0.4 is 5.32 Å². The number of urea groups is 1. The van der Waals surface area contributed by atoms with Gasteiger partial charge in [-0.25, -0.2) is 22.9 Å². The average Bonchev–Trinajstić information content (AvgIpc) is 3.19. The predicted octanol–water partition coefficient (Wildman–Crippen LogP) is 6.17. The summed E-state index contributed by atoms with van der Waals surface area (Å²) >= 11 is 2.32. The van der Waals surface area contributed by atoms with Crippen LogP contribution in [0.4, 0.5) is 23.1 Å². The Labute approximate surface area is 204 Å². The van der Waals surface area contributed by atoms with Crippen LogP contribution in [0.3, 0.4) is 0 Å². The van der Waals surface area contributed by atoms with Crippen molar-refractivity contribution in [2.45, 2.75) is 67.9 Å². The molecule has 1 saturated carbocycles. The van der Waals surface area contributed by atoms with Crippen LogP contribution in [0.25, 0.3) is 0 Å². The standard InChI is InChI=1S/C23H28F3N3O3S2/c1-13-4-6-15(7-5-13)29(9-8-14-10-16(24)19(26)17(25)11-14)22(32)28-21-27-12-18(33-21)34-23(2,3)20(30)31/h10-13,15H,4-9H2,1-3H3,(H,30,31)(H,27,28,32)/t13-,15-. The third-order valence-corrected chi connectivity index (χ3v) is 8.14. The van der Waals surface area contributed by atoms with Gasteiger partial charge in [-0.05, 0) is 69.6 Å². The van der Waals surface area contributed by atoms with Crippen molar-refractivity contribution in [2.24, 2.45) is 5.92 Å². The molecule has 2 aromatic rings. The van der Waals surface area contributed by atoms with E-state index in [9.17, 15) is 27.9 Å². The van der Waals surface area contributed by atoms with Crippen molar-refractivity contribution in [3.8, 4) is 0 Å². The number of thiazole rings is 1. The summed E-state index contributed by atoms with van der Waals surface area (Å²) in [6.45, 7) is 5.54. The number of carbonyl (C=O) groups excluding carboxylic acids is 1. The summed E-state index contributed by atoms with van der Waals surface area (Å²) in [4.78, 5) is 30.4. The molecular formula is C23H28F3N3O3S2. The maximum absolute atomic E-state index is 13.6. The highest BCUT2D eigenvalue weighted by Gasteiger charge is 2.31. The quantitative estimate of drug-likeness (QED) is 0.325. The van der Waals surface area contributed by atoms with Crippen LogP contribution >= 0.6 is 23.1 Å². The molecule has 6 nitrogen and oxygen atoms in total. The van der Waals surface area contributed by atoms with Gasteiger partial charge in [-0.1, -0.05) is 30.0 Å². The first kappa shape index (κ1) is 26.3. The molecule has 2 N–H and O–H groups in total. The van der Waals surface area contributed by atoms with Crippen molar-refractivity contribution in [2.75, 3.05) is 11.9 Å². The summed E-state index contributed by atoms with van der Waals surface area (Å²) < 4.78 is 40.1. The predicted molar refractivity (Wildman–Crippen MR) is 127 cm³/mol. The fourth-order valence-corrected chi connectivity index (χ4v) is 6.09. The summed E-state index contributed by atoms with van der Waals surface area (Å²) in [7, 11) is 0. The van der Waals surface area contributed by atoms with Crippen molar-refractivity contribution < 1.29 is 27.9 Å². The third kappa shape index (κ3) is 6.65. The Hall–Kier alpha value is -2.27. The molecule has 1 aromatic carbocycles. The number of carboxylic acid groups (broad SMARTS) is 1. The molecule has 2 amide bonds. The van der Waals surface area contributed by atoms with Gasteiger partial charge in [-0.3, -0.25) is 10.1 Å². The molecule has 0 saturated heterocycles. The topological polar surface area (TPSA) is 82.5 Å². The fraction of sp³-hybridized carbons (Fsp3) is 0.522. The first-order valence-corrected chi connectivity index (χ1v) is 12.7. The second-order valence-corrected chi connectivity index (χ2v) is 12.0. The lowest BCUT2D eigenvalue weighted by Crippen LogP contribution is -2.45. The number of benzene rings is 1. The minimum absolute atomic E-state index is 0.0360. The van der Waals surface area contributed by atoms with E-state index in [1.807, 2.05) is 0 Å². The number of carbonyl (C=O) groups is 2. The smallest absolute Gasteiger partial charge is 0.323 e. The van der Waals surface area contributed by atoms with E-state index >= 15 is 0 Å². The molecule has 0 radical (unpaired) electrons. The zero-order valence-corrected chi connectivity index (χ0v) is 20.9. The highest BCUT2D eigenvalue weighted by atomic mass is 32.2. The first-order chi connectivity index (χ1) is 16.0. The molecule has 0 atom stereocenters. The number of halogens is 3. The molecule has 1 aromatic heterocycles. The molecule has 11 heteroatoms. The summed E-state index contributed by atoms with van der Waals surface area (Å²) in [6, 6.07) is 1.48. The minimum atomic E-state index is -1.51. The van der Waals surface area contributed by atoms with Gasteiger partial charge >= 0.3 is 12.0 Å². The van der Waals surface area contributed by atoms with Gasteiger partial charge in [0.15, 0.2) is 22.6 Å². The highest BCUT2D eigenvalue weighted by molar-refractivity contribution is 8.03. The van der Waals surface area contributed by atoms with Crippen LogP contribution in [-0.2, 0) is 11.2 Å². The van der Waals surface area contributed by atoms with E-state index in [2.05, 4.69) is 17.2 Å². The lowest BCUT2D eigenvalue weighted by atomic mass is 9.86. The van der Waals surface area contributed by atoms with E-state index in [1.165, 1.54) is 17.5 Å². The van der Waals surface area contributed by atoms with Gasteiger partial charge in [0.25, 0.3) is 0 Å². The van der Waals surface area contributed by atoms with Crippen LogP contribution in [0.15, 0.2) is 22.5 Å². The molecule has 0 bridgehead atoms. The summed E-state index contributed by atoms with van der Waals surface area (Å²) in [5.41, 5.74) is 0.266. The summed E-state index contributed by atoms with van der Waals surface area (Å²) in [5.74, 6) is -4.41. The summed E-state index contributed by atoms with van der Waals surface area (Å²) in [6.07, 6.45) is 5.25. The van der Waals surface area contributed by atoms with Gasteiger partial charge in [-0.2, -0.15) is 0 Å². The number of anilines is 1. The molecule has 186 valence electrons. The SMILES string of the molecule is CC(C)(Sc1cnc(NC(=O)N(CCc2cc(F)c(F)c(F)c2)[C@H]2CC[C@H](C)CC2)s1)C(=O)O. The average molecular weight is 516 g/mol. The van der Waals surface area contributed by atoms with Crippen LogP contribution in [0.5, 0.6) is 0 Å². The van der Waals surface area contributed by atoms with Crippen LogP contribution in [0.2, 0.25) is 0 Å². The number of aromatic nitrogens is 1. The molecule has 0 aliphatic heterocycles. The molecule has 34 heavy (non-hydrogen) atoms. The molecule has 1 fully saturated rings. The minimum Gasteiger partial charge on any atom is -0.480 e. The van der Waals surface area contributed by atoms with Crippen LogP contribution in [0.1, 0.15) is 52.0 Å². The monoisotopic (exact) mass is 515 g/mol. The van der Waals surface area contributed by atoms with Gasteiger partial charge < -0.3 is 10.0 Å². The van der Waals surface area contributed by atoms with E-state index in [4.69, 9.17) is 0 Å². The van der Waals surface area contributed by atoms with Crippen molar-refractivity contribution in [3.63, 3.8) is 0 Å². The van der Waals surface area contributed by atoms with Crippen molar-refractivity contribution >= 4 is 40.2 Å². The number of carboxylic acids is 1. The largest absolute Gasteiger partial charge is 0.480 e. The molecule has 1 aliphatic rings. The fourth-order valence-electron chi connectivity index (χ4n) is 3.83. The number of amides is 2. The highest BCUT2D eigenvalue weighted by Crippen LogP contribution is 2.37. The van der Waals surface area contributed by atoms with E-state index < -0.39 is 28.2 Å². The van der Waals surface area contributed by atoms with E-state index in [0.29, 0.717) is 15.3 Å². The van der Waals surface area contributed by atoms with Crippen LogP contribution in [-0.4, -0.2) is 44.3 Å². The van der Waals surface area contributed by atoms with Crippen LogP contribution in [0, 0.1) is 23.4 Å². The molecular weight excluding hydrogens is 487 g/mol. The maximum atomic E-state index is 13.6. The second-order valence-electron chi connectivity index (χ2n) is 9.06. The molecule has 1 heterocycles. The number of thioether (sulfide) groups is 1. The summed E-state index contributed by atoms with van der Waals surface area (Å²) in [5, 5.41) is 12.4. The van der Waals surface area contributed by atoms with E-state index in [-0.39, 0.29) is 30.6 Å². The van der Waals surface area contributed by atoms with Gasteiger partial charge in [0.05, 0.1) is 10.4 Å². The number of aliphatic carboxylic acids is 1. The van der Waals surface area contributed by atoms with Crippen molar-refractivity contribution in [1.82, 2.24) is 9.88 Å². The van der Waals surface area contributed by atoms with Gasteiger partial charge in [-0.15, -0.1) is 0 Å². The Bertz CT molecular complexity index is 1020. The zero-order chi connectivity index (χ0) is 25.0. The Kier molecular flexibility index (Phi) is 8.51. The number of nitrogens with zero attached hydrogens (tertiary/aromatic N) is 2. The Balaban J connectivity index is 1.72. The van der Waals surface area contributed by atoms with Gasteiger partial charge in [0.1, 0.15) is 4.75 Å². The van der Waals surface area contributed by atoms with Crippen molar-refractivity contribution in [1.29, 1.82) is 0 Å². The number of rotatable bonds is 8. The van der Waals surface area contributed by atoms with Gasteiger partial charge in [0, 0.05) is 12.6 Å². The first-order valence-electron chi connectivity index (χ1n) is 11.1. The Morgan fingerprint density at radius 2 is 1.82 bits per heavy atom. The van der Waals surface area contributed by atoms with Crippen molar-refractivity contribution in [3.05, 3.63) is 41.3 Å². The van der Waals surface area contributed by atoms with E-state index in [0.717, 1.165) is 49.6 Å². The third-order valence-electron chi connectivity index (χ3n) is 5.94. The normalized spacial score (nSPS) is 18.5. The molecule has 3 rings (SSSR count). The second kappa shape index (κ2) is 11.0. The number of nitrogens with one attached hydrogen (secondary N) is 1. The Morgan fingerprint density at radius 3 is 2.41 bits per heavy atom. The molecule has 1 aliphatic carbocycles. The zero-order valence-electron chi connectivity index (χ0n) is 19.2. The maximum Gasteiger partial charge on any atom is 0.323 e. The number of hydrogen-bond acceptors (Lipinski definition) is 5. The molecule has 0 spiro atoms. The lowest BCUT2D eigenvalue weighted by molar-refractivity contribution is -0.138. The van der Waals surface area contributed by atoms with E-state index in [1.54, 1.807) is 18.7 Å². The molecule has 0 unspecified atom stereocenters. The lowest BCUT2D eigenvalue weighted by Gasteiger charge is -2.36.